The average Bonchev–Trinajstić information content (AvgIpc) is 3.05. The molecule has 4 rings (SSSR count). The van der Waals surface area contributed by atoms with Crippen LogP contribution in [0.25, 0.3) is 16.9 Å². The Labute approximate surface area is 167 Å². The minimum Gasteiger partial charge on any atom is -0.318 e. The molecule has 0 saturated heterocycles. The number of nitrogens with zero attached hydrogens (tertiary/aromatic N) is 4. The summed E-state index contributed by atoms with van der Waals surface area (Å²) in [6, 6.07) is 7.29. The lowest BCUT2D eigenvalue weighted by Crippen LogP contribution is -2.22. The van der Waals surface area contributed by atoms with E-state index >= 15 is 0 Å². The number of hydrogen-bond donors (Lipinski definition) is 0. The summed E-state index contributed by atoms with van der Waals surface area (Å²) in [4.78, 5) is 22.1. The van der Waals surface area contributed by atoms with Gasteiger partial charge < -0.3 is 4.57 Å². The molecule has 3 aromatic rings. The van der Waals surface area contributed by atoms with E-state index in [9.17, 15) is 4.79 Å². The summed E-state index contributed by atoms with van der Waals surface area (Å²) in [5, 5.41) is 1.36. The summed E-state index contributed by atoms with van der Waals surface area (Å²) in [5.41, 5.74) is 1.65. The van der Waals surface area contributed by atoms with Crippen LogP contribution in [0.4, 0.5) is 0 Å². The van der Waals surface area contributed by atoms with Crippen LogP contribution in [0.15, 0.2) is 40.5 Å². The van der Waals surface area contributed by atoms with E-state index in [-0.39, 0.29) is 5.56 Å². The molecule has 1 aliphatic carbocycles. The normalized spacial score (nSPS) is 15.5. The molecule has 5 nitrogen and oxygen atoms in total. The lowest BCUT2D eigenvalue weighted by molar-refractivity contribution is 0.351. The number of imidazole rings is 1. The Hall–Kier alpha value is -1.79. The number of hydrogen-bond acceptors (Lipinski definition) is 4. The summed E-state index contributed by atoms with van der Waals surface area (Å²) in [5.74, 6) is 1.77. The van der Waals surface area contributed by atoms with Gasteiger partial charge in [-0.25, -0.2) is 9.97 Å². The molecule has 2 aromatic heterocycles. The molecule has 7 heteroatoms. The third-order valence-electron chi connectivity index (χ3n) is 5.27. The van der Waals surface area contributed by atoms with E-state index in [4.69, 9.17) is 16.6 Å². The molecule has 142 valence electrons. The molecule has 0 unspecified atom stereocenters. The van der Waals surface area contributed by atoms with Gasteiger partial charge in [0.1, 0.15) is 0 Å². The van der Waals surface area contributed by atoms with Crippen LogP contribution in [-0.4, -0.2) is 24.9 Å². The fraction of sp³-hybridized carbons (Fsp3) is 0.450. The molecule has 0 atom stereocenters. The zero-order chi connectivity index (χ0) is 18.8. The largest absolute Gasteiger partial charge is 0.318 e. The van der Waals surface area contributed by atoms with E-state index in [1.807, 2.05) is 19.2 Å². The minimum atomic E-state index is -0.136. The highest BCUT2D eigenvalue weighted by molar-refractivity contribution is 7.99. The maximum Gasteiger partial charge on any atom is 0.286 e. The number of thioether (sulfide) groups is 1. The Balaban J connectivity index is 1.68. The van der Waals surface area contributed by atoms with Gasteiger partial charge in [-0.05, 0) is 36.6 Å². The van der Waals surface area contributed by atoms with Gasteiger partial charge in [0.25, 0.3) is 5.56 Å². The van der Waals surface area contributed by atoms with Crippen LogP contribution in [0.2, 0.25) is 5.02 Å². The van der Waals surface area contributed by atoms with Gasteiger partial charge in [0, 0.05) is 17.8 Å². The second-order valence-corrected chi connectivity index (χ2v) is 8.68. The summed E-state index contributed by atoms with van der Waals surface area (Å²) >= 11 is 7.68. The maximum atomic E-state index is 13.1. The Morgan fingerprint density at radius 3 is 2.67 bits per heavy atom. The maximum absolute atomic E-state index is 13.1. The highest BCUT2D eigenvalue weighted by Gasteiger charge is 2.18. The van der Waals surface area contributed by atoms with Crippen LogP contribution in [0.1, 0.15) is 38.5 Å². The lowest BCUT2D eigenvalue weighted by Gasteiger charge is -2.21. The molecule has 1 aromatic carbocycles. The first kappa shape index (κ1) is 18.6. The van der Waals surface area contributed by atoms with Gasteiger partial charge in [-0.3, -0.25) is 9.36 Å². The van der Waals surface area contributed by atoms with E-state index in [0.717, 1.165) is 17.4 Å². The molecule has 0 amide bonds. The second kappa shape index (κ2) is 8.07. The number of halogens is 1. The predicted molar refractivity (Wildman–Crippen MR) is 111 cm³/mol. The third-order valence-corrected chi connectivity index (χ3v) is 6.50. The number of benzene rings is 1. The minimum absolute atomic E-state index is 0.136. The fourth-order valence-corrected chi connectivity index (χ4v) is 4.98. The van der Waals surface area contributed by atoms with Crippen molar-refractivity contribution in [3.63, 3.8) is 0 Å². The Kier molecular flexibility index (Phi) is 5.55. The van der Waals surface area contributed by atoms with Crippen LogP contribution >= 0.6 is 23.4 Å². The standard InChI is InChI=1S/C20H23ClN4OS/c1-24-13-22-17-18(24)23-20(27-12-11-14-5-3-2-4-6-14)25(19(17)26)16-9-7-15(21)8-10-16/h7-10,13-14H,2-6,11-12H2,1H3. The fourth-order valence-electron chi connectivity index (χ4n) is 3.75. The molecule has 0 bridgehead atoms. The summed E-state index contributed by atoms with van der Waals surface area (Å²) < 4.78 is 3.46. The molecule has 1 aliphatic rings. The highest BCUT2D eigenvalue weighted by Crippen LogP contribution is 2.29. The lowest BCUT2D eigenvalue weighted by atomic mass is 9.88. The van der Waals surface area contributed by atoms with Crippen molar-refractivity contribution in [1.29, 1.82) is 0 Å². The summed E-state index contributed by atoms with van der Waals surface area (Å²) in [6.07, 6.45) is 9.55. The van der Waals surface area contributed by atoms with Crippen molar-refractivity contribution in [2.75, 3.05) is 5.75 Å². The monoisotopic (exact) mass is 402 g/mol. The molecule has 0 spiro atoms. The molecular weight excluding hydrogens is 380 g/mol. The third kappa shape index (κ3) is 3.92. The molecule has 1 fully saturated rings. The summed E-state index contributed by atoms with van der Waals surface area (Å²) in [7, 11) is 1.87. The van der Waals surface area contributed by atoms with Gasteiger partial charge in [-0.1, -0.05) is 55.5 Å². The first-order valence-electron chi connectivity index (χ1n) is 9.46. The second-order valence-electron chi connectivity index (χ2n) is 7.18. The van der Waals surface area contributed by atoms with Crippen molar-refractivity contribution in [2.45, 2.75) is 43.7 Å². The van der Waals surface area contributed by atoms with Crippen molar-refractivity contribution in [3.8, 4) is 5.69 Å². The molecule has 1 saturated carbocycles. The van der Waals surface area contributed by atoms with E-state index in [1.165, 1.54) is 38.5 Å². The van der Waals surface area contributed by atoms with Crippen LogP contribution in [-0.2, 0) is 7.05 Å². The van der Waals surface area contributed by atoms with Crippen LogP contribution in [0, 0.1) is 5.92 Å². The Bertz CT molecular complexity index is 990. The molecule has 0 aliphatic heterocycles. The SMILES string of the molecule is Cn1cnc2c(=O)n(-c3ccc(Cl)cc3)c(SCCC3CCCCC3)nc21. The smallest absolute Gasteiger partial charge is 0.286 e. The molecular formula is C20H23ClN4OS. The van der Waals surface area contributed by atoms with Crippen molar-refractivity contribution < 1.29 is 0 Å². The molecule has 0 radical (unpaired) electrons. The van der Waals surface area contributed by atoms with E-state index in [2.05, 4.69) is 4.98 Å². The topological polar surface area (TPSA) is 52.7 Å². The van der Waals surface area contributed by atoms with Crippen molar-refractivity contribution in [2.24, 2.45) is 13.0 Å². The average molecular weight is 403 g/mol. The highest BCUT2D eigenvalue weighted by atomic mass is 35.5. The Morgan fingerprint density at radius 1 is 1.19 bits per heavy atom. The quantitative estimate of drug-likeness (QED) is 0.452. The van der Waals surface area contributed by atoms with Crippen LogP contribution in [0.3, 0.4) is 0 Å². The van der Waals surface area contributed by atoms with E-state index in [0.29, 0.717) is 21.3 Å². The van der Waals surface area contributed by atoms with E-state index < -0.39 is 0 Å². The first-order chi connectivity index (χ1) is 13.1. The van der Waals surface area contributed by atoms with Gasteiger partial charge in [0.2, 0.25) is 0 Å². The van der Waals surface area contributed by atoms with Crippen LogP contribution in [0.5, 0.6) is 0 Å². The zero-order valence-corrected chi connectivity index (χ0v) is 17.0. The molecule has 27 heavy (non-hydrogen) atoms. The number of aryl methyl sites for hydroxylation is 1. The molecule has 0 N–H and O–H groups in total. The first-order valence-corrected chi connectivity index (χ1v) is 10.8. The number of fused-ring (bicyclic) bond motifs is 1. The van der Waals surface area contributed by atoms with Crippen molar-refractivity contribution >= 4 is 34.5 Å². The van der Waals surface area contributed by atoms with Crippen molar-refractivity contribution in [1.82, 2.24) is 19.1 Å². The van der Waals surface area contributed by atoms with Gasteiger partial charge >= 0.3 is 0 Å². The van der Waals surface area contributed by atoms with Gasteiger partial charge in [0.05, 0.1) is 12.0 Å². The van der Waals surface area contributed by atoms with Gasteiger partial charge in [0.15, 0.2) is 16.3 Å². The number of rotatable bonds is 5. The Morgan fingerprint density at radius 2 is 1.93 bits per heavy atom. The zero-order valence-electron chi connectivity index (χ0n) is 15.4. The van der Waals surface area contributed by atoms with Crippen LogP contribution < -0.4 is 5.56 Å². The van der Waals surface area contributed by atoms with Gasteiger partial charge in [-0.2, -0.15) is 0 Å². The predicted octanol–water partition coefficient (Wildman–Crippen LogP) is 4.84. The molecule has 2 heterocycles. The number of aromatic nitrogens is 4. The van der Waals surface area contributed by atoms with Gasteiger partial charge in [-0.15, -0.1) is 0 Å². The van der Waals surface area contributed by atoms with E-state index in [1.54, 1.807) is 39.4 Å². The van der Waals surface area contributed by atoms with Crippen molar-refractivity contribution in [3.05, 3.63) is 46.0 Å². The summed E-state index contributed by atoms with van der Waals surface area (Å²) in [6.45, 7) is 0.